The van der Waals surface area contributed by atoms with Gasteiger partial charge in [0.15, 0.2) is 6.29 Å². The molecule has 0 fully saturated rings. The predicted molar refractivity (Wildman–Crippen MR) is 43.3 cm³/mol. The molecule has 0 bridgehead atoms. The number of carbonyl (C=O) groups excluding carboxylic acids is 1. The highest BCUT2D eigenvalue weighted by molar-refractivity contribution is 6.64. The Kier molecular flexibility index (Phi) is 4.50. The van der Waals surface area contributed by atoms with Crippen molar-refractivity contribution < 1.29 is 4.79 Å². The van der Waals surface area contributed by atoms with E-state index in [4.69, 9.17) is 11.6 Å². The van der Waals surface area contributed by atoms with E-state index in [9.17, 15) is 4.79 Å². The minimum Gasteiger partial charge on any atom is -0.298 e. The number of nitrogens with zero attached hydrogens (tertiary/aromatic N) is 1. The van der Waals surface area contributed by atoms with Crippen molar-refractivity contribution >= 4 is 23.1 Å². The Balaban J connectivity index is 4.26. The van der Waals surface area contributed by atoms with Crippen LogP contribution in [-0.4, -0.2) is 11.5 Å². The van der Waals surface area contributed by atoms with Gasteiger partial charge in [-0.05, 0) is 6.92 Å². The molecule has 0 saturated carbocycles. The maximum absolute atomic E-state index is 10.1. The van der Waals surface area contributed by atoms with Crippen LogP contribution in [0.1, 0.15) is 6.92 Å². The van der Waals surface area contributed by atoms with Gasteiger partial charge in [0.1, 0.15) is 5.17 Å². The van der Waals surface area contributed by atoms with E-state index in [1.807, 2.05) is 0 Å². The van der Waals surface area contributed by atoms with Gasteiger partial charge in [0.2, 0.25) is 0 Å². The Morgan fingerprint density at radius 3 is 2.60 bits per heavy atom. The third-order valence-corrected chi connectivity index (χ3v) is 0.861. The molecule has 0 N–H and O–H groups in total. The van der Waals surface area contributed by atoms with E-state index in [-0.39, 0.29) is 0 Å². The molecule has 2 nitrogen and oxygen atoms in total. The van der Waals surface area contributed by atoms with Gasteiger partial charge < -0.3 is 0 Å². The minimum atomic E-state index is 0.390. The smallest absolute Gasteiger partial charge is 0.151 e. The molecule has 10 heavy (non-hydrogen) atoms. The number of aldehydes is 1. The van der Waals surface area contributed by atoms with E-state index < -0.39 is 0 Å². The minimum absolute atomic E-state index is 0.390. The lowest BCUT2D eigenvalue weighted by Gasteiger charge is -1.83. The maximum atomic E-state index is 10.1. The summed E-state index contributed by atoms with van der Waals surface area (Å²) in [6.07, 6.45) is 3.44. The van der Waals surface area contributed by atoms with E-state index in [0.717, 1.165) is 0 Å². The summed E-state index contributed by atoms with van der Waals surface area (Å²) in [7, 11) is 0. The first-order valence-corrected chi connectivity index (χ1v) is 3.06. The number of hydrogen-bond acceptors (Lipinski definition) is 2. The van der Waals surface area contributed by atoms with Gasteiger partial charge in [0.05, 0.1) is 0 Å². The standard InChI is InChI=1S/C7H8ClNO/c1-3-7(5-10)4-9-6(2)8/h3-5H,1H2,2H3/b7-4+,9-6?. The zero-order chi connectivity index (χ0) is 7.98. The van der Waals surface area contributed by atoms with Crippen LogP contribution in [0.15, 0.2) is 29.4 Å². The van der Waals surface area contributed by atoms with Gasteiger partial charge in [-0.25, -0.2) is 4.99 Å². The second-order valence-corrected chi connectivity index (χ2v) is 2.12. The lowest BCUT2D eigenvalue weighted by atomic mass is 10.3. The van der Waals surface area contributed by atoms with Crippen LogP contribution in [0, 0.1) is 0 Å². The van der Waals surface area contributed by atoms with Crippen LogP contribution in [0.5, 0.6) is 0 Å². The van der Waals surface area contributed by atoms with Gasteiger partial charge >= 0.3 is 0 Å². The Morgan fingerprint density at radius 2 is 2.30 bits per heavy atom. The van der Waals surface area contributed by atoms with Crippen LogP contribution in [-0.2, 0) is 4.79 Å². The van der Waals surface area contributed by atoms with Gasteiger partial charge in [0.25, 0.3) is 0 Å². The molecule has 0 aromatic carbocycles. The van der Waals surface area contributed by atoms with Crippen molar-refractivity contribution in [1.82, 2.24) is 0 Å². The topological polar surface area (TPSA) is 29.4 Å². The van der Waals surface area contributed by atoms with Crippen molar-refractivity contribution in [2.75, 3.05) is 0 Å². The highest BCUT2D eigenvalue weighted by Gasteiger charge is 1.83. The summed E-state index contributed by atoms with van der Waals surface area (Å²) in [6.45, 7) is 5.03. The molecule has 0 aromatic heterocycles. The Hall–Kier alpha value is -0.890. The van der Waals surface area contributed by atoms with Gasteiger partial charge in [-0.1, -0.05) is 24.3 Å². The van der Waals surface area contributed by atoms with Gasteiger partial charge in [-0.3, -0.25) is 4.79 Å². The van der Waals surface area contributed by atoms with Crippen LogP contribution in [0.2, 0.25) is 0 Å². The molecular weight excluding hydrogens is 150 g/mol. The number of rotatable bonds is 3. The summed E-state index contributed by atoms with van der Waals surface area (Å²) in [5.41, 5.74) is 0.417. The largest absolute Gasteiger partial charge is 0.298 e. The second-order valence-electron chi connectivity index (χ2n) is 1.58. The first-order chi connectivity index (χ1) is 4.70. The van der Waals surface area contributed by atoms with Crippen LogP contribution in [0.4, 0.5) is 0 Å². The molecule has 0 atom stereocenters. The summed E-state index contributed by atoms with van der Waals surface area (Å²) < 4.78 is 0. The summed E-state index contributed by atoms with van der Waals surface area (Å²) in [5.74, 6) is 0. The van der Waals surface area contributed by atoms with Crippen molar-refractivity contribution in [2.45, 2.75) is 6.92 Å². The third-order valence-electron chi connectivity index (χ3n) is 0.763. The van der Waals surface area contributed by atoms with Gasteiger partial charge in [-0.15, -0.1) is 0 Å². The summed E-state index contributed by atoms with van der Waals surface area (Å²) in [4.78, 5) is 13.8. The van der Waals surface area contributed by atoms with Gasteiger partial charge in [0, 0.05) is 11.8 Å². The monoisotopic (exact) mass is 157 g/mol. The first-order valence-electron chi connectivity index (χ1n) is 2.68. The van der Waals surface area contributed by atoms with E-state index in [1.54, 1.807) is 6.92 Å². The third kappa shape index (κ3) is 4.04. The molecule has 0 aliphatic heterocycles. The van der Waals surface area contributed by atoms with Crippen molar-refractivity contribution in [2.24, 2.45) is 4.99 Å². The molecular formula is C7H8ClNO. The molecule has 54 valence electrons. The number of carbonyl (C=O) groups is 1. The summed E-state index contributed by atoms with van der Waals surface area (Å²) in [6, 6.07) is 0. The van der Waals surface area contributed by atoms with E-state index in [2.05, 4.69) is 11.6 Å². The average molecular weight is 158 g/mol. The molecule has 0 aliphatic carbocycles. The number of aliphatic imine (C=N–C) groups is 1. The molecule has 0 amide bonds. The van der Waals surface area contributed by atoms with Gasteiger partial charge in [-0.2, -0.15) is 0 Å². The predicted octanol–water partition coefficient (Wildman–Crippen LogP) is 1.91. The number of allylic oxidation sites excluding steroid dienone is 2. The molecule has 0 radical (unpaired) electrons. The van der Waals surface area contributed by atoms with E-state index >= 15 is 0 Å². The second kappa shape index (κ2) is 4.94. The van der Waals surface area contributed by atoms with E-state index in [0.29, 0.717) is 17.0 Å². The Bertz CT molecular complexity index is 180. The zero-order valence-corrected chi connectivity index (χ0v) is 6.43. The van der Waals surface area contributed by atoms with Crippen molar-refractivity contribution in [3.8, 4) is 0 Å². The molecule has 0 spiro atoms. The molecule has 0 aromatic rings. The SMILES string of the molecule is C=C/C(C=O)=C\N=C(C)Cl. The Labute approximate surface area is 64.9 Å². The quantitative estimate of drug-likeness (QED) is 0.266. The Morgan fingerprint density at radius 1 is 1.70 bits per heavy atom. The van der Waals surface area contributed by atoms with Crippen molar-refractivity contribution in [3.63, 3.8) is 0 Å². The van der Waals surface area contributed by atoms with Crippen LogP contribution < -0.4 is 0 Å². The molecule has 0 unspecified atom stereocenters. The van der Waals surface area contributed by atoms with Crippen LogP contribution in [0.25, 0.3) is 0 Å². The highest BCUT2D eigenvalue weighted by Crippen LogP contribution is 1.92. The normalized spacial score (nSPS) is 13.0. The fraction of sp³-hybridized carbons (Fsp3) is 0.143. The highest BCUT2D eigenvalue weighted by atomic mass is 35.5. The number of hydrogen-bond donors (Lipinski definition) is 0. The van der Waals surface area contributed by atoms with Crippen LogP contribution in [0.3, 0.4) is 0 Å². The molecule has 0 aliphatic rings. The molecule has 0 saturated heterocycles. The zero-order valence-electron chi connectivity index (χ0n) is 5.67. The first kappa shape index (κ1) is 9.11. The molecule has 0 rings (SSSR count). The maximum Gasteiger partial charge on any atom is 0.151 e. The van der Waals surface area contributed by atoms with Crippen molar-refractivity contribution in [1.29, 1.82) is 0 Å². The van der Waals surface area contributed by atoms with E-state index in [1.165, 1.54) is 12.3 Å². The molecule has 0 heterocycles. The average Bonchev–Trinajstić information content (AvgIpc) is 1.90. The van der Waals surface area contributed by atoms with Crippen LogP contribution >= 0.6 is 11.6 Å². The molecule has 3 heteroatoms. The lowest BCUT2D eigenvalue weighted by molar-refractivity contribution is -0.104. The fourth-order valence-corrected chi connectivity index (χ4v) is 0.344. The lowest BCUT2D eigenvalue weighted by Crippen LogP contribution is -1.78. The summed E-state index contributed by atoms with van der Waals surface area (Å²) in [5, 5.41) is 0.390. The summed E-state index contributed by atoms with van der Waals surface area (Å²) >= 11 is 5.39. The number of halogens is 1. The fourth-order valence-electron chi connectivity index (χ4n) is 0.295. The van der Waals surface area contributed by atoms with Crippen molar-refractivity contribution in [3.05, 3.63) is 24.4 Å².